The van der Waals surface area contributed by atoms with Crippen LogP contribution < -0.4 is 9.47 Å². The van der Waals surface area contributed by atoms with Gasteiger partial charge in [-0.05, 0) is 66.1 Å². The third-order valence-electron chi connectivity index (χ3n) is 7.84. The van der Waals surface area contributed by atoms with Gasteiger partial charge in [-0.2, -0.15) is 8.78 Å². The number of para-hydroxylation sites is 1. The predicted octanol–water partition coefficient (Wildman–Crippen LogP) is 10.7. The smallest absolute Gasteiger partial charge is 0.428 e. The minimum Gasteiger partial charge on any atom is -0.428 e. The van der Waals surface area contributed by atoms with Gasteiger partial charge in [0.05, 0.1) is 5.56 Å². The molecule has 0 bridgehead atoms. The van der Waals surface area contributed by atoms with Gasteiger partial charge in [0.2, 0.25) is 0 Å². The van der Waals surface area contributed by atoms with E-state index in [2.05, 4.69) is 11.7 Å². The SMILES string of the molecule is CCCCCC1CCC(CCc2ccc(C(F)(F)Oc3ccccc3-c3ccc(OC(F)(F)F)cc3)cc2)CC1. The Morgan fingerprint density at radius 3 is 1.95 bits per heavy atom. The van der Waals surface area contributed by atoms with Gasteiger partial charge in [-0.1, -0.05) is 101 Å². The van der Waals surface area contributed by atoms with Crippen LogP contribution in [0.15, 0.2) is 72.8 Å². The molecule has 2 nitrogen and oxygen atoms in total. The standard InChI is InChI=1S/C33H37F5O2/c1-2-3-4-7-24-10-12-25(13-11-24)14-15-26-16-20-28(21-17-26)32(34,35)40-31-9-6-5-8-30(31)27-18-22-29(23-19-27)39-33(36,37)38/h5-6,8-9,16-25H,2-4,7,10-15H2,1H3. The Morgan fingerprint density at radius 2 is 1.32 bits per heavy atom. The number of halogens is 5. The maximum Gasteiger partial charge on any atom is 0.573 e. The molecule has 7 heteroatoms. The number of aryl methyl sites for hydroxylation is 1. The minimum absolute atomic E-state index is 0.0774. The zero-order valence-corrected chi connectivity index (χ0v) is 22.9. The molecule has 0 aromatic heterocycles. The molecule has 0 saturated heterocycles. The Labute approximate surface area is 233 Å². The quantitative estimate of drug-likeness (QED) is 0.162. The molecule has 216 valence electrons. The molecule has 3 aromatic carbocycles. The second kappa shape index (κ2) is 13.5. The maximum absolute atomic E-state index is 15.2. The highest BCUT2D eigenvalue weighted by Gasteiger charge is 2.35. The first-order chi connectivity index (χ1) is 19.1. The molecule has 0 atom stereocenters. The number of rotatable bonds is 12. The van der Waals surface area contributed by atoms with Crippen molar-refractivity contribution in [2.45, 2.75) is 83.6 Å². The van der Waals surface area contributed by atoms with Crippen LogP contribution in [0.4, 0.5) is 22.0 Å². The lowest BCUT2D eigenvalue weighted by molar-refractivity contribution is -0.274. The molecule has 1 aliphatic rings. The second-order valence-corrected chi connectivity index (χ2v) is 10.8. The second-order valence-electron chi connectivity index (χ2n) is 10.8. The molecule has 1 fully saturated rings. The summed E-state index contributed by atoms with van der Waals surface area (Å²) in [6, 6.07) is 17.5. The Kier molecular flexibility index (Phi) is 10.1. The molecule has 0 amide bonds. The van der Waals surface area contributed by atoms with Crippen molar-refractivity contribution in [3.63, 3.8) is 0 Å². The van der Waals surface area contributed by atoms with Crippen LogP contribution in [0.3, 0.4) is 0 Å². The van der Waals surface area contributed by atoms with E-state index in [1.54, 1.807) is 30.3 Å². The number of hydrogen-bond acceptors (Lipinski definition) is 2. The third-order valence-corrected chi connectivity index (χ3v) is 7.84. The Balaban J connectivity index is 1.33. The van der Waals surface area contributed by atoms with Gasteiger partial charge in [-0.3, -0.25) is 0 Å². The van der Waals surface area contributed by atoms with Gasteiger partial charge < -0.3 is 9.47 Å². The topological polar surface area (TPSA) is 18.5 Å². The minimum atomic E-state index is -4.81. The van der Waals surface area contributed by atoms with E-state index in [1.807, 2.05) is 0 Å². The highest BCUT2D eigenvalue weighted by atomic mass is 19.4. The summed E-state index contributed by atoms with van der Waals surface area (Å²) in [4.78, 5) is 0. The predicted molar refractivity (Wildman–Crippen MR) is 147 cm³/mol. The van der Waals surface area contributed by atoms with Gasteiger partial charge in [0.1, 0.15) is 11.5 Å². The number of unbranched alkanes of at least 4 members (excludes halogenated alkanes) is 2. The van der Waals surface area contributed by atoms with E-state index in [0.717, 1.165) is 36.5 Å². The van der Waals surface area contributed by atoms with Crippen LogP contribution in [-0.4, -0.2) is 6.36 Å². The fraction of sp³-hybridized carbons (Fsp3) is 0.455. The number of benzene rings is 3. The van der Waals surface area contributed by atoms with Crippen LogP contribution >= 0.6 is 0 Å². The first-order valence-electron chi connectivity index (χ1n) is 14.2. The zero-order valence-electron chi connectivity index (χ0n) is 22.9. The monoisotopic (exact) mass is 560 g/mol. The van der Waals surface area contributed by atoms with Gasteiger partial charge in [-0.15, -0.1) is 13.2 Å². The lowest BCUT2D eigenvalue weighted by atomic mass is 9.78. The summed E-state index contributed by atoms with van der Waals surface area (Å²) in [5.74, 6) is 1.11. The molecular formula is C33H37F5O2. The van der Waals surface area contributed by atoms with E-state index < -0.39 is 18.2 Å². The number of alkyl halides is 5. The van der Waals surface area contributed by atoms with Crippen LogP contribution in [0.2, 0.25) is 0 Å². The van der Waals surface area contributed by atoms with Gasteiger partial charge >= 0.3 is 12.5 Å². The van der Waals surface area contributed by atoms with Crippen molar-refractivity contribution in [3.05, 3.63) is 83.9 Å². The lowest BCUT2D eigenvalue weighted by Gasteiger charge is -2.28. The molecule has 0 spiro atoms. The van der Waals surface area contributed by atoms with E-state index in [1.165, 1.54) is 81.7 Å². The van der Waals surface area contributed by atoms with Crippen molar-refractivity contribution in [2.24, 2.45) is 11.8 Å². The average molecular weight is 561 g/mol. The molecule has 0 heterocycles. The summed E-state index contributed by atoms with van der Waals surface area (Å²) in [5.41, 5.74) is 1.53. The summed E-state index contributed by atoms with van der Waals surface area (Å²) >= 11 is 0. The fourth-order valence-corrected chi connectivity index (χ4v) is 5.56. The largest absolute Gasteiger partial charge is 0.573 e. The molecule has 1 aliphatic carbocycles. The van der Waals surface area contributed by atoms with Crippen molar-refractivity contribution in [3.8, 4) is 22.6 Å². The van der Waals surface area contributed by atoms with Crippen molar-refractivity contribution >= 4 is 0 Å². The molecular weight excluding hydrogens is 523 g/mol. The zero-order chi connectivity index (χ0) is 28.6. The Morgan fingerprint density at radius 1 is 0.700 bits per heavy atom. The van der Waals surface area contributed by atoms with Crippen molar-refractivity contribution in [2.75, 3.05) is 0 Å². The van der Waals surface area contributed by atoms with E-state index in [4.69, 9.17) is 4.74 Å². The first-order valence-corrected chi connectivity index (χ1v) is 14.2. The van der Waals surface area contributed by atoms with Crippen LogP contribution in [-0.2, 0) is 12.5 Å². The highest BCUT2D eigenvalue weighted by molar-refractivity contribution is 5.71. The van der Waals surface area contributed by atoms with Gasteiger partial charge in [0.15, 0.2) is 0 Å². The van der Waals surface area contributed by atoms with Crippen LogP contribution in [0.1, 0.15) is 75.8 Å². The lowest BCUT2D eigenvalue weighted by Crippen LogP contribution is -2.22. The third kappa shape index (κ3) is 8.70. The van der Waals surface area contributed by atoms with Gasteiger partial charge in [0, 0.05) is 5.56 Å². The summed E-state index contributed by atoms with van der Waals surface area (Å²) in [6.45, 7) is 2.24. The van der Waals surface area contributed by atoms with Crippen molar-refractivity contribution in [1.29, 1.82) is 0 Å². The average Bonchev–Trinajstić information content (AvgIpc) is 2.93. The van der Waals surface area contributed by atoms with Crippen molar-refractivity contribution in [1.82, 2.24) is 0 Å². The highest BCUT2D eigenvalue weighted by Crippen LogP contribution is 2.39. The van der Waals surface area contributed by atoms with Crippen LogP contribution in [0.5, 0.6) is 11.5 Å². The Hall–Kier alpha value is -3.09. The normalized spacial score (nSPS) is 17.9. The summed E-state index contributed by atoms with van der Waals surface area (Å²) < 4.78 is 76.8. The molecule has 4 rings (SSSR count). The van der Waals surface area contributed by atoms with Crippen LogP contribution in [0.25, 0.3) is 11.1 Å². The van der Waals surface area contributed by atoms with E-state index in [-0.39, 0.29) is 11.3 Å². The van der Waals surface area contributed by atoms with Gasteiger partial charge in [-0.25, -0.2) is 0 Å². The molecule has 3 aromatic rings. The molecule has 1 saturated carbocycles. The molecule has 0 radical (unpaired) electrons. The maximum atomic E-state index is 15.2. The first kappa shape index (κ1) is 29.9. The Bertz CT molecular complexity index is 1180. The molecule has 40 heavy (non-hydrogen) atoms. The summed E-state index contributed by atoms with van der Waals surface area (Å²) in [5, 5.41) is 0. The van der Waals surface area contributed by atoms with Crippen LogP contribution in [0, 0.1) is 11.8 Å². The van der Waals surface area contributed by atoms with E-state index in [0.29, 0.717) is 17.0 Å². The summed E-state index contributed by atoms with van der Waals surface area (Å²) in [7, 11) is 0. The summed E-state index contributed by atoms with van der Waals surface area (Å²) in [6.07, 6.45) is 3.97. The van der Waals surface area contributed by atoms with E-state index >= 15 is 8.78 Å². The molecule has 0 N–H and O–H groups in total. The number of hydrogen-bond donors (Lipinski definition) is 0. The van der Waals surface area contributed by atoms with Gasteiger partial charge in [0.25, 0.3) is 0 Å². The molecule has 0 unspecified atom stereocenters. The van der Waals surface area contributed by atoms with E-state index in [9.17, 15) is 13.2 Å². The number of ether oxygens (including phenoxy) is 2. The molecule has 0 aliphatic heterocycles. The fourth-order valence-electron chi connectivity index (χ4n) is 5.56. The van der Waals surface area contributed by atoms with Crippen molar-refractivity contribution < 1.29 is 31.4 Å².